The molecule has 0 spiro atoms. The predicted octanol–water partition coefficient (Wildman–Crippen LogP) is 2.70. The molecular weight excluding hydrogens is 260 g/mol. The summed E-state index contributed by atoms with van der Waals surface area (Å²) in [5.41, 5.74) is 0. The minimum Gasteiger partial charge on any atom is -0.396 e. The lowest BCUT2D eigenvalue weighted by Crippen LogP contribution is -2.06. The van der Waals surface area contributed by atoms with Gasteiger partial charge in [0, 0.05) is 20.2 Å². The van der Waals surface area contributed by atoms with Crippen molar-refractivity contribution in [3.63, 3.8) is 0 Å². The zero-order valence-corrected chi connectivity index (χ0v) is 12.0. The number of aromatic nitrogens is 2. The van der Waals surface area contributed by atoms with E-state index in [0.29, 0.717) is 12.6 Å². The van der Waals surface area contributed by atoms with Gasteiger partial charge in [-0.1, -0.05) is 12.8 Å². The number of thiophene rings is 1. The molecule has 2 heterocycles. The Hall–Kier alpha value is -1.40. The minimum atomic E-state index is 0.292. The monoisotopic (exact) mass is 280 g/mol. The lowest BCUT2D eigenvalue weighted by molar-refractivity contribution is 0.283. The van der Waals surface area contributed by atoms with Gasteiger partial charge in [0.2, 0.25) is 5.95 Å². The maximum absolute atomic E-state index is 8.71. The summed E-state index contributed by atoms with van der Waals surface area (Å²) >= 11 is 1.62. The highest BCUT2D eigenvalue weighted by Crippen LogP contribution is 2.26. The minimum absolute atomic E-state index is 0.292. The van der Waals surface area contributed by atoms with Gasteiger partial charge in [-0.05, 0) is 24.3 Å². The van der Waals surface area contributed by atoms with Crippen molar-refractivity contribution < 1.29 is 5.11 Å². The molecule has 19 heavy (non-hydrogen) atoms. The van der Waals surface area contributed by atoms with Gasteiger partial charge >= 0.3 is 0 Å². The van der Waals surface area contributed by atoms with Gasteiger partial charge < -0.3 is 15.7 Å². The van der Waals surface area contributed by atoms with Crippen molar-refractivity contribution in [2.75, 3.05) is 30.8 Å². The molecule has 0 saturated carbocycles. The summed E-state index contributed by atoms with van der Waals surface area (Å²) < 4.78 is 0. The Morgan fingerprint density at radius 1 is 1.21 bits per heavy atom. The van der Waals surface area contributed by atoms with Crippen molar-refractivity contribution in [1.29, 1.82) is 0 Å². The van der Waals surface area contributed by atoms with Gasteiger partial charge in [-0.3, -0.25) is 0 Å². The highest BCUT2D eigenvalue weighted by atomic mass is 32.1. The summed E-state index contributed by atoms with van der Waals surface area (Å²) in [7, 11) is 1.83. The van der Waals surface area contributed by atoms with Crippen LogP contribution in [0.25, 0.3) is 10.2 Å². The number of hydrogen-bond donors (Lipinski definition) is 3. The Labute approximate surface area is 117 Å². The number of fused-ring (bicyclic) bond motifs is 1. The average molecular weight is 280 g/mol. The van der Waals surface area contributed by atoms with Crippen molar-refractivity contribution in [3.05, 3.63) is 11.4 Å². The first kappa shape index (κ1) is 14.0. The highest BCUT2D eigenvalue weighted by Gasteiger charge is 2.07. The fraction of sp³-hybridized carbons (Fsp3) is 0.538. The Bertz CT molecular complexity index is 514. The predicted molar refractivity (Wildman–Crippen MR) is 81.0 cm³/mol. The molecule has 6 heteroatoms. The average Bonchev–Trinajstić information content (AvgIpc) is 2.90. The van der Waals surface area contributed by atoms with Crippen LogP contribution in [0, 0.1) is 0 Å². The van der Waals surface area contributed by atoms with Crippen LogP contribution < -0.4 is 10.6 Å². The van der Waals surface area contributed by atoms with E-state index in [0.717, 1.165) is 48.3 Å². The fourth-order valence-electron chi connectivity index (χ4n) is 1.90. The number of hydrogen-bond acceptors (Lipinski definition) is 6. The smallest absolute Gasteiger partial charge is 0.225 e. The topological polar surface area (TPSA) is 70.1 Å². The Morgan fingerprint density at radius 3 is 2.84 bits per heavy atom. The Kier molecular flexibility index (Phi) is 5.35. The summed E-state index contributed by atoms with van der Waals surface area (Å²) in [4.78, 5) is 9.87. The SMILES string of the molecule is CNc1nc(NCCCCCCO)c2ccsc2n1. The number of anilines is 2. The molecule has 5 nitrogen and oxygen atoms in total. The standard InChI is InChI=1S/C13H20N4OS/c1-14-13-16-11(10-6-9-19-12(10)17-13)15-7-4-2-3-5-8-18/h6,9,18H,2-5,7-8H2,1H3,(H2,14,15,16,17). The molecule has 0 bridgehead atoms. The van der Waals surface area contributed by atoms with E-state index in [2.05, 4.69) is 20.6 Å². The van der Waals surface area contributed by atoms with Crippen LogP contribution in [0.1, 0.15) is 25.7 Å². The summed E-state index contributed by atoms with van der Waals surface area (Å²) in [6.45, 7) is 1.19. The van der Waals surface area contributed by atoms with Gasteiger partial charge in [0.15, 0.2) is 0 Å². The molecule has 104 valence electrons. The van der Waals surface area contributed by atoms with Crippen LogP contribution in [0.5, 0.6) is 0 Å². The van der Waals surface area contributed by atoms with Gasteiger partial charge in [-0.25, -0.2) is 4.98 Å². The summed E-state index contributed by atoms with van der Waals surface area (Å²) in [6, 6.07) is 2.05. The fourth-order valence-corrected chi connectivity index (χ4v) is 2.66. The van der Waals surface area contributed by atoms with Gasteiger partial charge in [-0.2, -0.15) is 4.98 Å². The molecule has 0 saturated heterocycles. The maximum Gasteiger partial charge on any atom is 0.225 e. The van der Waals surface area contributed by atoms with Gasteiger partial charge in [0.05, 0.1) is 5.39 Å². The summed E-state index contributed by atoms with van der Waals surface area (Å²) in [6.07, 6.45) is 4.19. The van der Waals surface area contributed by atoms with Crippen molar-refractivity contribution in [2.45, 2.75) is 25.7 Å². The molecule has 0 aliphatic rings. The van der Waals surface area contributed by atoms with Crippen LogP contribution in [0.2, 0.25) is 0 Å². The molecule has 3 N–H and O–H groups in total. The number of aliphatic hydroxyl groups excluding tert-OH is 1. The number of nitrogens with one attached hydrogen (secondary N) is 2. The van der Waals surface area contributed by atoms with Crippen LogP contribution in [0.3, 0.4) is 0 Å². The van der Waals surface area contributed by atoms with Gasteiger partial charge in [-0.15, -0.1) is 11.3 Å². The number of aliphatic hydroxyl groups is 1. The highest BCUT2D eigenvalue weighted by molar-refractivity contribution is 7.16. The van der Waals surface area contributed by atoms with E-state index in [1.807, 2.05) is 18.5 Å². The van der Waals surface area contributed by atoms with E-state index in [4.69, 9.17) is 5.11 Å². The molecule has 2 rings (SSSR count). The summed E-state index contributed by atoms with van der Waals surface area (Å²) in [5.74, 6) is 1.55. The van der Waals surface area contributed by atoms with E-state index < -0.39 is 0 Å². The third kappa shape index (κ3) is 3.78. The van der Waals surface area contributed by atoms with Crippen molar-refractivity contribution in [1.82, 2.24) is 9.97 Å². The second-order valence-electron chi connectivity index (χ2n) is 4.35. The van der Waals surface area contributed by atoms with E-state index in [1.54, 1.807) is 11.3 Å². The third-order valence-corrected chi connectivity index (χ3v) is 3.73. The zero-order valence-electron chi connectivity index (χ0n) is 11.1. The molecule has 0 amide bonds. The first-order chi connectivity index (χ1) is 9.35. The van der Waals surface area contributed by atoms with Crippen LogP contribution in [-0.2, 0) is 0 Å². The molecule has 0 aromatic carbocycles. The molecule has 0 radical (unpaired) electrons. The van der Waals surface area contributed by atoms with Crippen LogP contribution in [-0.4, -0.2) is 35.3 Å². The molecule has 2 aromatic heterocycles. The second-order valence-corrected chi connectivity index (χ2v) is 5.24. The first-order valence-electron chi connectivity index (χ1n) is 6.63. The number of unbranched alkanes of at least 4 members (excludes halogenated alkanes) is 3. The molecule has 0 aliphatic heterocycles. The first-order valence-corrected chi connectivity index (χ1v) is 7.51. The Morgan fingerprint density at radius 2 is 2.05 bits per heavy atom. The van der Waals surface area contributed by atoms with E-state index in [1.165, 1.54) is 0 Å². The number of nitrogens with zero attached hydrogens (tertiary/aromatic N) is 2. The molecule has 2 aromatic rings. The molecule has 0 atom stereocenters. The quantitative estimate of drug-likeness (QED) is 0.649. The largest absolute Gasteiger partial charge is 0.396 e. The maximum atomic E-state index is 8.71. The van der Waals surface area contributed by atoms with Crippen LogP contribution in [0.15, 0.2) is 11.4 Å². The van der Waals surface area contributed by atoms with Crippen molar-refractivity contribution >= 4 is 33.3 Å². The third-order valence-electron chi connectivity index (χ3n) is 2.93. The number of rotatable bonds is 8. The second kappa shape index (κ2) is 7.25. The van der Waals surface area contributed by atoms with Crippen LogP contribution in [0.4, 0.5) is 11.8 Å². The molecule has 0 unspecified atom stereocenters. The molecule has 0 aliphatic carbocycles. The van der Waals surface area contributed by atoms with Gasteiger partial charge in [0.25, 0.3) is 0 Å². The normalized spacial score (nSPS) is 10.8. The van der Waals surface area contributed by atoms with E-state index >= 15 is 0 Å². The van der Waals surface area contributed by atoms with Crippen molar-refractivity contribution in [3.8, 4) is 0 Å². The van der Waals surface area contributed by atoms with Gasteiger partial charge in [0.1, 0.15) is 10.6 Å². The summed E-state index contributed by atoms with van der Waals surface area (Å²) in [5, 5.41) is 18.2. The van der Waals surface area contributed by atoms with Crippen LogP contribution >= 0.6 is 11.3 Å². The molecule has 0 fully saturated rings. The lowest BCUT2D eigenvalue weighted by atomic mass is 10.2. The van der Waals surface area contributed by atoms with Crippen molar-refractivity contribution in [2.24, 2.45) is 0 Å². The zero-order chi connectivity index (χ0) is 13.5. The Balaban J connectivity index is 1.93. The lowest BCUT2D eigenvalue weighted by Gasteiger charge is -2.08. The van der Waals surface area contributed by atoms with E-state index in [-0.39, 0.29) is 0 Å². The van der Waals surface area contributed by atoms with E-state index in [9.17, 15) is 0 Å². The molecular formula is C13H20N4OS.